The molecule has 3 aromatic carbocycles. The van der Waals surface area contributed by atoms with Crippen molar-refractivity contribution < 1.29 is 9.53 Å². The molecular weight excluding hydrogens is 350 g/mol. The van der Waals surface area contributed by atoms with Gasteiger partial charge in [-0.3, -0.25) is 9.78 Å². The summed E-state index contributed by atoms with van der Waals surface area (Å²) in [5.41, 5.74) is 3.86. The van der Waals surface area contributed by atoms with Crippen molar-refractivity contribution in [2.75, 3.05) is 0 Å². The third kappa shape index (κ3) is 4.32. The Bertz CT molecular complexity index is 1080. The van der Waals surface area contributed by atoms with Crippen molar-refractivity contribution in [2.45, 2.75) is 13.2 Å². The predicted octanol–water partition coefficient (Wildman–Crippen LogP) is 4.14. The summed E-state index contributed by atoms with van der Waals surface area (Å²) in [6, 6.07) is 25.2. The van der Waals surface area contributed by atoms with Gasteiger partial charge in [-0.25, -0.2) is 4.98 Å². The lowest BCUT2D eigenvalue weighted by molar-refractivity contribution is 0.0946. The van der Waals surface area contributed by atoms with Crippen molar-refractivity contribution in [3.63, 3.8) is 0 Å². The van der Waals surface area contributed by atoms with Gasteiger partial charge in [0.25, 0.3) is 5.91 Å². The Labute approximate surface area is 163 Å². The van der Waals surface area contributed by atoms with Crippen LogP contribution < -0.4 is 10.1 Å². The first-order valence-electron chi connectivity index (χ1n) is 9.03. The zero-order valence-corrected chi connectivity index (χ0v) is 15.2. The summed E-state index contributed by atoms with van der Waals surface area (Å²) in [4.78, 5) is 21.0. The summed E-state index contributed by atoms with van der Waals surface area (Å²) in [5, 5.41) is 2.88. The zero-order valence-electron chi connectivity index (χ0n) is 15.2. The topological polar surface area (TPSA) is 64.1 Å². The number of ether oxygens (including phenoxy) is 1. The molecule has 4 aromatic rings. The first kappa shape index (κ1) is 17.7. The predicted molar refractivity (Wildman–Crippen MR) is 108 cm³/mol. The number of carbonyl (C=O) groups is 1. The second-order valence-corrected chi connectivity index (χ2v) is 6.34. The molecule has 28 heavy (non-hydrogen) atoms. The van der Waals surface area contributed by atoms with E-state index in [1.165, 1.54) is 6.20 Å². The van der Waals surface area contributed by atoms with Gasteiger partial charge in [0.1, 0.15) is 18.1 Å². The Kier molecular flexibility index (Phi) is 5.24. The van der Waals surface area contributed by atoms with E-state index in [4.69, 9.17) is 4.74 Å². The fourth-order valence-electron chi connectivity index (χ4n) is 2.78. The Morgan fingerprint density at radius 2 is 1.50 bits per heavy atom. The molecular formula is C23H19N3O2. The summed E-state index contributed by atoms with van der Waals surface area (Å²) >= 11 is 0. The lowest BCUT2D eigenvalue weighted by Crippen LogP contribution is -2.24. The SMILES string of the molecule is O=C(NCc1ccc(COc2ccccc2)cc1)c1cnc2ccccc2n1. The Hall–Kier alpha value is -3.73. The van der Waals surface area contributed by atoms with Crippen LogP contribution in [-0.2, 0) is 13.2 Å². The van der Waals surface area contributed by atoms with Gasteiger partial charge < -0.3 is 10.1 Å². The van der Waals surface area contributed by atoms with Crippen LogP contribution in [0.4, 0.5) is 0 Å². The quantitative estimate of drug-likeness (QED) is 0.555. The molecule has 0 radical (unpaired) electrons. The van der Waals surface area contributed by atoms with Crippen molar-refractivity contribution in [3.8, 4) is 5.75 Å². The van der Waals surface area contributed by atoms with Crippen molar-refractivity contribution in [1.82, 2.24) is 15.3 Å². The van der Waals surface area contributed by atoms with Crippen LogP contribution in [0.25, 0.3) is 11.0 Å². The van der Waals surface area contributed by atoms with Crippen LogP contribution in [-0.4, -0.2) is 15.9 Å². The highest BCUT2D eigenvalue weighted by Crippen LogP contribution is 2.13. The maximum Gasteiger partial charge on any atom is 0.271 e. The van der Waals surface area contributed by atoms with E-state index in [2.05, 4.69) is 15.3 Å². The maximum absolute atomic E-state index is 12.4. The van der Waals surface area contributed by atoms with Crippen LogP contribution in [0, 0.1) is 0 Å². The average Bonchev–Trinajstić information content (AvgIpc) is 2.77. The molecule has 0 aliphatic carbocycles. The van der Waals surface area contributed by atoms with E-state index in [1.807, 2.05) is 78.9 Å². The molecule has 0 bridgehead atoms. The van der Waals surface area contributed by atoms with E-state index < -0.39 is 0 Å². The minimum Gasteiger partial charge on any atom is -0.489 e. The molecule has 5 nitrogen and oxygen atoms in total. The van der Waals surface area contributed by atoms with E-state index >= 15 is 0 Å². The first-order chi connectivity index (χ1) is 13.8. The van der Waals surface area contributed by atoms with Crippen LogP contribution in [0.15, 0.2) is 85.1 Å². The van der Waals surface area contributed by atoms with E-state index in [-0.39, 0.29) is 5.91 Å². The number of fused-ring (bicyclic) bond motifs is 1. The number of nitrogens with one attached hydrogen (secondary N) is 1. The number of carbonyl (C=O) groups excluding carboxylic acids is 1. The van der Waals surface area contributed by atoms with Gasteiger partial charge in [-0.15, -0.1) is 0 Å². The van der Waals surface area contributed by atoms with E-state index in [0.29, 0.717) is 24.4 Å². The Balaban J connectivity index is 1.33. The minimum atomic E-state index is -0.241. The molecule has 0 aliphatic rings. The van der Waals surface area contributed by atoms with Crippen LogP contribution in [0.2, 0.25) is 0 Å². The number of rotatable bonds is 6. The zero-order chi connectivity index (χ0) is 19.2. The van der Waals surface area contributed by atoms with E-state index in [1.54, 1.807) is 0 Å². The number of nitrogens with zero attached hydrogens (tertiary/aromatic N) is 2. The molecule has 0 unspecified atom stereocenters. The lowest BCUT2D eigenvalue weighted by atomic mass is 10.1. The maximum atomic E-state index is 12.4. The fraction of sp³-hybridized carbons (Fsp3) is 0.0870. The van der Waals surface area contributed by atoms with Gasteiger partial charge in [0.15, 0.2) is 0 Å². The van der Waals surface area contributed by atoms with Gasteiger partial charge in [-0.2, -0.15) is 0 Å². The van der Waals surface area contributed by atoms with Gasteiger partial charge in [-0.05, 0) is 35.4 Å². The molecule has 4 rings (SSSR count). The highest BCUT2D eigenvalue weighted by molar-refractivity contribution is 5.93. The van der Waals surface area contributed by atoms with Crippen LogP contribution in [0.3, 0.4) is 0 Å². The molecule has 138 valence electrons. The summed E-state index contributed by atoms with van der Waals surface area (Å²) in [5.74, 6) is 0.602. The summed E-state index contributed by atoms with van der Waals surface area (Å²) in [7, 11) is 0. The molecule has 1 aromatic heterocycles. The molecule has 0 saturated heterocycles. The van der Waals surface area contributed by atoms with Crippen molar-refractivity contribution in [1.29, 1.82) is 0 Å². The summed E-state index contributed by atoms with van der Waals surface area (Å²) in [6.45, 7) is 0.927. The lowest BCUT2D eigenvalue weighted by Gasteiger charge is -2.08. The van der Waals surface area contributed by atoms with Gasteiger partial charge >= 0.3 is 0 Å². The smallest absolute Gasteiger partial charge is 0.271 e. The summed E-state index contributed by atoms with van der Waals surface area (Å²) in [6.07, 6.45) is 1.50. The molecule has 1 N–H and O–H groups in total. The number of amides is 1. The van der Waals surface area contributed by atoms with Gasteiger partial charge in [-0.1, -0.05) is 54.6 Å². The highest BCUT2D eigenvalue weighted by atomic mass is 16.5. The molecule has 0 saturated carbocycles. The second-order valence-electron chi connectivity index (χ2n) is 6.34. The van der Waals surface area contributed by atoms with Crippen LogP contribution >= 0.6 is 0 Å². The second kappa shape index (κ2) is 8.31. The normalized spacial score (nSPS) is 10.6. The number of hydrogen-bond acceptors (Lipinski definition) is 4. The third-order valence-corrected chi connectivity index (χ3v) is 4.31. The molecule has 0 spiro atoms. The number of para-hydroxylation sites is 3. The van der Waals surface area contributed by atoms with Gasteiger partial charge in [0, 0.05) is 6.54 Å². The monoisotopic (exact) mass is 369 g/mol. The standard InChI is InChI=1S/C23H19N3O2/c27-23(22-15-24-20-8-4-5-9-21(20)26-22)25-14-17-10-12-18(13-11-17)16-28-19-6-2-1-3-7-19/h1-13,15H,14,16H2,(H,25,27). The Morgan fingerprint density at radius 3 is 2.29 bits per heavy atom. The molecule has 0 atom stereocenters. The van der Waals surface area contributed by atoms with Crippen molar-refractivity contribution in [3.05, 3.63) is 102 Å². The number of benzene rings is 3. The average molecular weight is 369 g/mol. The number of aromatic nitrogens is 2. The fourth-order valence-corrected chi connectivity index (χ4v) is 2.78. The van der Waals surface area contributed by atoms with Gasteiger partial charge in [0.2, 0.25) is 0 Å². The van der Waals surface area contributed by atoms with Crippen molar-refractivity contribution in [2.24, 2.45) is 0 Å². The molecule has 1 amide bonds. The highest BCUT2D eigenvalue weighted by Gasteiger charge is 2.09. The van der Waals surface area contributed by atoms with Crippen LogP contribution in [0.5, 0.6) is 5.75 Å². The van der Waals surface area contributed by atoms with E-state index in [9.17, 15) is 4.79 Å². The largest absolute Gasteiger partial charge is 0.489 e. The molecule has 5 heteroatoms. The molecule has 0 aliphatic heterocycles. The third-order valence-electron chi connectivity index (χ3n) is 4.31. The molecule has 1 heterocycles. The number of hydrogen-bond donors (Lipinski definition) is 1. The molecule has 0 fully saturated rings. The first-order valence-corrected chi connectivity index (χ1v) is 9.03. The Morgan fingerprint density at radius 1 is 0.821 bits per heavy atom. The minimum absolute atomic E-state index is 0.241. The van der Waals surface area contributed by atoms with Crippen molar-refractivity contribution >= 4 is 16.9 Å². The van der Waals surface area contributed by atoms with Gasteiger partial charge in [0.05, 0.1) is 17.2 Å². The van der Waals surface area contributed by atoms with E-state index in [0.717, 1.165) is 22.4 Å². The summed E-state index contributed by atoms with van der Waals surface area (Å²) < 4.78 is 5.74. The van der Waals surface area contributed by atoms with Crippen LogP contribution in [0.1, 0.15) is 21.6 Å².